The maximum absolute atomic E-state index is 5.31. The summed E-state index contributed by atoms with van der Waals surface area (Å²) in [5.41, 5.74) is 2.74. The van der Waals surface area contributed by atoms with E-state index >= 15 is 0 Å². The third-order valence-electron chi connectivity index (χ3n) is 4.80. The van der Waals surface area contributed by atoms with Gasteiger partial charge in [0.05, 0.1) is 0 Å². The van der Waals surface area contributed by atoms with Crippen LogP contribution in [-0.2, 0) is 6.42 Å². The molecule has 150 valence electrons. The van der Waals surface area contributed by atoms with E-state index in [2.05, 4.69) is 77.5 Å². The van der Waals surface area contributed by atoms with Crippen molar-refractivity contribution in [1.82, 2.24) is 20.4 Å². The molecule has 1 aliphatic heterocycles. The van der Waals surface area contributed by atoms with Gasteiger partial charge in [0.2, 0.25) is 5.89 Å². The van der Waals surface area contributed by atoms with Crippen molar-refractivity contribution in [3.63, 3.8) is 0 Å². The Labute approximate surface area is 167 Å². The Bertz CT molecular complexity index is 794. The molecule has 3 rings (SSSR count). The van der Waals surface area contributed by atoms with Gasteiger partial charge < -0.3 is 14.7 Å². The normalized spacial score (nSPS) is 15.1. The molecule has 1 N–H and O–H groups in total. The van der Waals surface area contributed by atoms with Gasteiger partial charge in [0.25, 0.3) is 0 Å². The fourth-order valence-electron chi connectivity index (χ4n) is 3.22. The zero-order valence-electron chi connectivity index (χ0n) is 17.2. The van der Waals surface area contributed by atoms with E-state index in [1.165, 1.54) is 11.1 Å². The molecule has 0 unspecified atom stereocenters. The van der Waals surface area contributed by atoms with E-state index in [1.807, 2.05) is 0 Å². The summed E-state index contributed by atoms with van der Waals surface area (Å²) in [5.74, 6) is 2.77. The molecule has 6 nitrogen and oxygen atoms in total. The van der Waals surface area contributed by atoms with Gasteiger partial charge in [0.15, 0.2) is 11.8 Å². The number of nitrogens with one attached hydrogen (secondary N) is 1. The van der Waals surface area contributed by atoms with Gasteiger partial charge in [-0.15, -0.1) is 0 Å². The Morgan fingerprint density at radius 1 is 1.29 bits per heavy atom. The molecule has 1 aromatic heterocycles. The van der Waals surface area contributed by atoms with Gasteiger partial charge in [-0.05, 0) is 30.9 Å². The summed E-state index contributed by atoms with van der Waals surface area (Å²) in [5, 5.41) is 7.44. The standard InChI is InChI=1S/C22H31N5O/c1-4-23-22(24-14-8-11-20-25-21(17(2)3)26-28-20)27-15-12-19(13-16-27)18-9-6-5-7-10-18/h5-7,9-10,12,17H,4,8,11,13-16H2,1-3H3,(H,23,24). The average molecular weight is 382 g/mol. The van der Waals surface area contributed by atoms with Gasteiger partial charge in [0.1, 0.15) is 0 Å². The van der Waals surface area contributed by atoms with Crippen LogP contribution >= 0.6 is 0 Å². The van der Waals surface area contributed by atoms with Crippen LogP contribution < -0.4 is 5.32 Å². The highest BCUT2D eigenvalue weighted by Crippen LogP contribution is 2.22. The summed E-state index contributed by atoms with van der Waals surface area (Å²) in [6.07, 6.45) is 5.01. The molecule has 2 heterocycles. The third-order valence-corrected chi connectivity index (χ3v) is 4.80. The van der Waals surface area contributed by atoms with Crippen molar-refractivity contribution in [2.45, 2.75) is 46.0 Å². The van der Waals surface area contributed by atoms with Crippen molar-refractivity contribution in [3.05, 3.63) is 53.7 Å². The van der Waals surface area contributed by atoms with Crippen LogP contribution in [0.2, 0.25) is 0 Å². The van der Waals surface area contributed by atoms with E-state index in [-0.39, 0.29) is 0 Å². The highest BCUT2D eigenvalue weighted by molar-refractivity contribution is 5.81. The average Bonchev–Trinajstić information content (AvgIpc) is 3.20. The molecular weight excluding hydrogens is 350 g/mol. The molecule has 0 saturated carbocycles. The first-order valence-corrected chi connectivity index (χ1v) is 10.3. The molecule has 0 bridgehead atoms. The predicted molar refractivity (Wildman–Crippen MR) is 113 cm³/mol. The van der Waals surface area contributed by atoms with Crippen molar-refractivity contribution in [3.8, 4) is 0 Å². The lowest BCUT2D eigenvalue weighted by molar-refractivity contribution is 0.369. The van der Waals surface area contributed by atoms with Gasteiger partial charge >= 0.3 is 0 Å². The molecule has 0 spiro atoms. The number of nitrogens with zero attached hydrogens (tertiary/aromatic N) is 4. The quantitative estimate of drug-likeness (QED) is 0.448. The largest absolute Gasteiger partial charge is 0.357 e. The number of aliphatic imine (C=N–C) groups is 1. The van der Waals surface area contributed by atoms with Gasteiger partial charge in [-0.25, -0.2) is 0 Å². The van der Waals surface area contributed by atoms with E-state index in [0.717, 1.165) is 57.2 Å². The summed E-state index contributed by atoms with van der Waals surface area (Å²) in [4.78, 5) is 11.6. The zero-order valence-corrected chi connectivity index (χ0v) is 17.2. The minimum atomic E-state index is 0.295. The Balaban J connectivity index is 1.53. The van der Waals surface area contributed by atoms with E-state index in [4.69, 9.17) is 9.52 Å². The van der Waals surface area contributed by atoms with Gasteiger partial charge in [-0.3, -0.25) is 4.99 Å². The van der Waals surface area contributed by atoms with E-state index in [9.17, 15) is 0 Å². The van der Waals surface area contributed by atoms with Crippen molar-refractivity contribution < 1.29 is 4.52 Å². The van der Waals surface area contributed by atoms with E-state index in [0.29, 0.717) is 11.8 Å². The van der Waals surface area contributed by atoms with Crippen LogP contribution in [0.1, 0.15) is 56.8 Å². The lowest BCUT2D eigenvalue weighted by Gasteiger charge is -2.29. The van der Waals surface area contributed by atoms with E-state index in [1.54, 1.807) is 0 Å². The monoisotopic (exact) mass is 381 g/mol. The van der Waals surface area contributed by atoms with Gasteiger partial charge in [-0.2, -0.15) is 4.98 Å². The van der Waals surface area contributed by atoms with Crippen molar-refractivity contribution in [2.75, 3.05) is 26.2 Å². The molecule has 1 aliphatic rings. The minimum Gasteiger partial charge on any atom is -0.357 e. The number of rotatable bonds is 7. The van der Waals surface area contributed by atoms with Crippen LogP contribution in [0.5, 0.6) is 0 Å². The fraction of sp³-hybridized carbons (Fsp3) is 0.500. The van der Waals surface area contributed by atoms with Crippen LogP contribution in [0, 0.1) is 0 Å². The number of aromatic nitrogens is 2. The number of aryl methyl sites for hydroxylation is 1. The molecule has 0 radical (unpaired) electrons. The van der Waals surface area contributed by atoms with Crippen molar-refractivity contribution in [2.24, 2.45) is 4.99 Å². The molecule has 28 heavy (non-hydrogen) atoms. The lowest BCUT2D eigenvalue weighted by Crippen LogP contribution is -2.43. The van der Waals surface area contributed by atoms with Crippen molar-refractivity contribution >= 4 is 11.5 Å². The second kappa shape index (κ2) is 10.1. The molecule has 0 atom stereocenters. The van der Waals surface area contributed by atoms with Crippen LogP contribution in [0.4, 0.5) is 0 Å². The highest BCUT2D eigenvalue weighted by Gasteiger charge is 2.16. The minimum absolute atomic E-state index is 0.295. The first-order valence-electron chi connectivity index (χ1n) is 10.3. The number of hydrogen-bond donors (Lipinski definition) is 1. The first kappa shape index (κ1) is 20.1. The Kier molecular flexibility index (Phi) is 7.23. The SMILES string of the molecule is CCNC(=NCCCc1nc(C(C)C)no1)N1CC=C(c2ccccc2)CC1. The zero-order chi connectivity index (χ0) is 19.8. The molecule has 1 aromatic carbocycles. The van der Waals surface area contributed by atoms with Crippen LogP contribution in [0.25, 0.3) is 5.57 Å². The molecular formula is C22H31N5O. The smallest absolute Gasteiger partial charge is 0.226 e. The number of hydrogen-bond acceptors (Lipinski definition) is 4. The predicted octanol–water partition coefficient (Wildman–Crippen LogP) is 3.88. The fourth-order valence-corrected chi connectivity index (χ4v) is 3.22. The van der Waals surface area contributed by atoms with Crippen LogP contribution in [-0.4, -0.2) is 47.2 Å². The summed E-state index contributed by atoms with van der Waals surface area (Å²) in [7, 11) is 0. The van der Waals surface area contributed by atoms with Gasteiger partial charge in [-0.1, -0.05) is 55.4 Å². The second-order valence-corrected chi connectivity index (χ2v) is 7.33. The summed E-state index contributed by atoms with van der Waals surface area (Å²) in [6, 6.07) is 10.6. The van der Waals surface area contributed by atoms with Gasteiger partial charge in [0, 0.05) is 38.5 Å². The topological polar surface area (TPSA) is 66.5 Å². The Morgan fingerprint density at radius 2 is 2.11 bits per heavy atom. The Hall–Kier alpha value is -2.63. The second-order valence-electron chi connectivity index (χ2n) is 7.33. The molecule has 0 amide bonds. The molecule has 0 fully saturated rings. The third kappa shape index (κ3) is 5.44. The van der Waals surface area contributed by atoms with E-state index < -0.39 is 0 Å². The van der Waals surface area contributed by atoms with Crippen LogP contribution in [0.15, 0.2) is 45.9 Å². The lowest BCUT2D eigenvalue weighted by atomic mass is 10.00. The molecule has 0 saturated heterocycles. The maximum Gasteiger partial charge on any atom is 0.226 e. The Morgan fingerprint density at radius 3 is 2.75 bits per heavy atom. The maximum atomic E-state index is 5.31. The number of guanidine groups is 1. The van der Waals surface area contributed by atoms with Crippen molar-refractivity contribution in [1.29, 1.82) is 0 Å². The highest BCUT2D eigenvalue weighted by atomic mass is 16.5. The summed E-state index contributed by atoms with van der Waals surface area (Å²) in [6.45, 7) is 9.72. The molecule has 0 aliphatic carbocycles. The van der Waals surface area contributed by atoms with Crippen LogP contribution in [0.3, 0.4) is 0 Å². The number of benzene rings is 1. The molecule has 2 aromatic rings. The summed E-state index contributed by atoms with van der Waals surface area (Å²) >= 11 is 0. The summed E-state index contributed by atoms with van der Waals surface area (Å²) < 4.78 is 5.31. The first-order chi connectivity index (χ1) is 13.7. The molecule has 6 heteroatoms.